The molecule has 0 aliphatic carbocycles. The Labute approximate surface area is 181 Å². The normalized spacial score (nSPS) is 10.3. The summed E-state index contributed by atoms with van der Waals surface area (Å²) in [6.45, 7) is 3.40. The molecule has 4 rings (SSSR count). The number of hydrogen-bond acceptors (Lipinski definition) is 3. The monoisotopic (exact) mass is 412 g/mol. The minimum atomic E-state index is -0.745. The summed E-state index contributed by atoms with van der Waals surface area (Å²) in [6, 6.07) is 25.0. The lowest BCUT2D eigenvalue weighted by Crippen LogP contribution is -2.01. The van der Waals surface area contributed by atoms with Crippen molar-refractivity contribution in [1.82, 2.24) is 4.57 Å². The molecule has 0 saturated heterocycles. The van der Waals surface area contributed by atoms with Gasteiger partial charge in [0.25, 0.3) is 0 Å². The number of carboxylic acids is 1. The van der Waals surface area contributed by atoms with Gasteiger partial charge in [-0.1, -0.05) is 55.5 Å². The number of rotatable bonds is 5. The molecule has 1 heterocycles. The van der Waals surface area contributed by atoms with Crippen LogP contribution in [0, 0.1) is 5.41 Å². The first kappa shape index (κ1) is 21.7. The Balaban J connectivity index is 0.000000491. The maximum Gasteiger partial charge on any atom is 0.303 e. The molecule has 5 heteroatoms. The Bertz CT molecular complexity index is 1220. The maximum atomic E-state index is 12.6. The Morgan fingerprint density at radius 3 is 2.00 bits per heavy atom. The van der Waals surface area contributed by atoms with Crippen LogP contribution >= 0.6 is 0 Å². The largest absolute Gasteiger partial charge is 0.481 e. The predicted molar refractivity (Wildman–Crippen MR) is 124 cm³/mol. The lowest BCUT2D eigenvalue weighted by Gasteiger charge is -2.07. The third-order valence-corrected chi connectivity index (χ3v) is 4.86. The minimum Gasteiger partial charge on any atom is -0.481 e. The van der Waals surface area contributed by atoms with E-state index in [4.69, 9.17) is 10.5 Å². The molecule has 0 unspecified atom stereocenters. The summed E-state index contributed by atoms with van der Waals surface area (Å²) >= 11 is 0. The first-order valence-electron chi connectivity index (χ1n) is 10.00. The van der Waals surface area contributed by atoms with Gasteiger partial charge >= 0.3 is 5.97 Å². The standard InChI is InChI=1S/C23H18N2O.C3H6O2/c1-16(24)21-15-25(22-10-6-5-9-20(21)22)19-13-11-18(12-14-19)23(26)17-7-3-2-4-8-17;1-2-3(4)5/h2-15,24H,1H3;2H2,1H3,(H,4,5). The van der Waals surface area contributed by atoms with Gasteiger partial charge in [0.1, 0.15) is 0 Å². The summed E-state index contributed by atoms with van der Waals surface area (Å²) in [6.07, 6.45) is 2.21. The summed E-state index contributed by atoms with van der Waals surface area (Å²) in [7, 11) is 0. The molecular weight excluding hydrogens is 388 g/mol. The van der Waals surface area contributed by atoms with E-state index in [-0.39, 0.29) is 12.2 Å². The van der Waals surface area contributed by atoms with E-state index in [9.17, 15) is 9.59 Å². The van der Waals surface area contributed by atoms with E-state index in [1.54, 1.807) is 13.8 Å². The number of carbonyl (C=O) groups is 2. The second-order valence-corrected chi connectivity index (χ2v) is 7.04. The molecule has 3 aromatic carbocycles. The molecule has 4 aromatic rings. The van der Waals surface area contributed by atoms with Gasteiger partial charge < -0.3 is 15.1 Å². The molecule has 0 bridgehead atoms. The second-order valence-electron chi connectivity index (χ2n) is 7.04. The molecule has 31 heavy (non-hydrogen) atoms. The predicted octanol–water partition coefficient (Wildman–Crippen LogP) is 5.73. The molecule has 2 N–H and O–H groups in total. The number of nitrogens with zero attached hydrogens (tertiary/aromatic N) is 1. The molecule has 0 aliphatic rings. The molecule has 1 aromatic heterocycles. The Kier molecular flexibility index (Phi) is 6.78. The highest BCUT2D eigenvalue weighted by molar-refractivity contribution is 6.09. The van der Waals surface area contributed by atoms with E-state index in [1.807, 2.05) is 85.1 Å². The summed E-state index contributed by atoms with van der Waals surface area (Å²) in [5.41, 5.74) is 4.84. The van der Waals surface area contributed by atoms with E-state index in [1.165, 1.54) is 0 Å². The number of aliphatic carboxylic acids is 1. The van der Waals surface area contributed by atoms with Gasteiger partial charge in [0.15, 0.2) is 5.78 Å². The summed E-state index contributed by atoms with van der Waals surface area (Å²) in [5.74, 6) is -0.726. The van der Waals surface area contributed by atoms with Crippen molar-refractivity contribution < 1.29 is 14.7 Å². The van der Waals surface area contributed by atoms with Gasteiger partial charge in [-0.2, -0.15) is 0 Å². The molecule has 0 radical (unpaired) electrons. The van der Waals surface area contributed by atoms with Crippen LogP contribution in [0.4, 0.5) is 0 Å². The van der Waals surface area contributed by atoms with Crippen LogP contribution in [-0.2, 0) is 4.79 Å². The van der Waals surface area contributed by atoms with Gasteiger partial charge in [-0.25, -0.2) is 0 Å². The smallest absolute Gasteiger partial charge is 0.303 e. The van der Waals surface area contributed by atoms with E-state index < -0.39 is 5.97 Å². The van der Waals surface area contributed by atoms with Gasteiger partial charge in [0, 0.05) is 46.1 Å². The third-order valence-electron chi connectivity index (χ3n) is 4.86. The number of ketones is 1. The van der Waals surface area contributed by atoms with Crippen molar-refractivity contribution in [2.24, 2.45) is 0 Å². The first-order valence-corrected chi connectivity index (χ1v) is 10.00. The lowest BCUT2D eigenvalue weighted by molar-refractivity contribution is -0.136. The van der Waals surface area contributed by atoms with Gasteiger partial charge in [0.2, 0.25) is 0 Å². The van der Waals surface area contributed by atoms with Gasteiger partial charge in [-0.05, 0) is 37.3 Å². The number of carboxylic acid groups (broad SMARTS) is 1. The van der Waals surface area contributed by atoms with Crippen molar-refractivity contribution in [2.75, 3.05) is 0 Å². The minimum absolute atomic E-state index is 0.0190. The number of benzene rings is 3. The Morgan fingerprint density at radius 2 is 1.42 bits per heavy atom. The molecule has 156 valence electrons. The molecule has 0 atom stereocenters. The number of hydrogen-bond donors (Lipinski definition) is 2. The average Bonchev–Trinajstić information content (AvgIpc) is 3.20. The van der Waals surface area contributed by atoms with Crippen LogP contribution in [0.1, 0.15) is 41.8 Å². The SMILES string of the molecule is CC(=N)c1cn(-c2ccc(C(=O)c3ccccc3)cc2)c2ccccc12.CCC(=O)O. The Hall–Kier alpha value is -3.99. The van der Waals surface area contributed by atoms with Crippen molar-refractivity contribution >= 4 is 28.4 Å². The molecule has 5 nitrogen and oxygen atoms in total. The van der Waals surface area contributed by atoms with Crippen molar-refractivity contribution in [3.8, 4) is 5.69 Å². The van der Waals surface area contributed by atoms with Crippen LogP contribution in [0.25, 0.3) is 16.6 Å². The molecule has 0 amide bonds. The fraction of sp³-hybridized carbons (Fsp3) is 0.115. The maximum absolute atomic E-state index is 12.6. The van der Waals surface area contributed by atoms with Crippen molar-refractivity contribution in [1.29, 1.82) is 5.41 Å². The third kappa shape index (κ3) is 4.95. The number of para-hydroxylation sites is 1. The van der Waals surface area contributed by atoms with Gasteiger partial charge in [0.05, 0.1) is 5.52 Å². The highest BCUT2D eigenvalue weighted by atomic mass is 16.4. The van der Waals surface area contributed by atoms with Crippen LogP contribution in [0.15, 0.2) is 85.1 Å². The zero-order valence-corrected chi connectivity index (χ0v) is 17.5. The van der Waals surface area contributed by atoms with Crippen LogP contribution < -0.4 is 0 Å². The first-order chi connectivity index (χ1) is 14.9. The van der Waals surface area contributed by atoms with Crippen LogP contribution in [-0.4, -0.2) is 27.1 Å². The molecule has 0 aliphatic heterocycles. The fourth-order valence-corrected chi connectivity index (χ4v) is 3.22. The van der Waals surface area contributed by atoms with Gasteiger partial charge in [-0.15, -0.1) is 0 Å². The van der Waals surface area contributed by atoms with E-state index in [0.29, 0.717) is 16.8 Å². The van der Waals surface area contributed by atoms with E-state index in [2.05, 4.69) is 4.57 Å². The highest BCUT2D eigenvalue weighted by Gasteiger charge is 2.12. The number of fused-ring (bicyclic) bond motifs is 1. The number of carbonyl (C=O) groups excluding carboxylic acids is 1. The second kappa shape index (κ2) is 9.67. The fourth-order valence-electron chi connectivity index (χ4n) is 3.22. The molecule has 0 fully saturated rings. The van der Waals surface area contributed by atoms with E-state index in [0.717, 1.165) is 22.2 Å². The van der Waals surface area contributed by atoms with Crippen LogP contribution in [0.2, 0.25) is 0 Å². The highest BCUT2D eigenvalue weighted by Crippen LogP contribution is 2.25. The number of aromatic nitrogens is 1. The topological polar surface area (TPSA) is 83.2 Å². The van der Waals surface area contributed by atoms with Crippen molar-refractivity contribution in [3.05, 3.63) is 102 Å². The molecular formula is C26H24N2O3. The van der Waals surface area contributed by atoms with Crippen molar-refractivity contribution in [2.45, 2.75) is 20.3 Å². The van der Waals surface area contributed by atoms with Crippen molar-refractivity contribution in [3.63, 3.8) is 0 Å². The summed E-state index contributed by atoms with van der Waals surface area (Å²) < 4.78 is 2.07. The Morgan fingerprint density at radius 1 is 0.871 bits per heavy atom. The average molecular weight is 412 g/mol. The lowest BCUT2D eigenvalue weighted by atomic mass is 10.0. The van der Waals surface area contributed by atoms with E-state index >= 15 is 0 Å². The zero-order valence-electron chi connectivity index (χ0n) is 17.5. The summed E-state index contributed by atoms with van der Waals surface area (Å²) in [4.78, 5) is 21.9. The summed E-state index contributed by atoms with van der Waals surface area (Å²) in [5, 5.41) is 16.8. The number of nitrogens with one attached hydrogen (secondary N) is 1. The quantitative estimate of drug-likeness (QED) is 0.324. The van der Waals surface area contributed by atoms with Crippen LogP contribution in [0.3, 0.4) is 0 Å². The van der Waals surface area contributed by atoms with Crippen LogP contribution in [0.5, 0.6) is 0 Å². The molecule has 0 saturated carbocycles. The van der Waals surface area contributed by atoms with Gasteiger partial charge in [-0.3, -0.25) is 9.59 Å². The zero-order chi connectivity index (χ0) is 22.4. The molecule has 0 spiro atoms.